The first kappa shape index (κ1) is 13.4. The van der Waals surface area contributed by atoms with Crippen molar-refractivity contribution in [3.05, 3.63) is 42.0 Å². The van der Waals surface area contributed by atoms with Gasteiger partial charge in [-0.05, 0) is 6.07 Å². The molecule has 102 valence electrons. The Morgan fingerprint density at radius 2 is 2.05 bits per heavy atom. The lowest BCUT2D eigenvalue weighted by Crippen LogP contribution is -2.35. The van der Waals surface area contributed by atoms with Crippen molar-refractivity contribution in [1.82, 2.24) is 9.78 Å². The van der Waals surface area contributed by atoms with E-state index in [4.69, 9.17) is 4.74 Å². The molecule has 0 spiro atoms. The molecular formula is C11H10BF4N2O-. The Balaban J connectivity index is 2.21. The fraction of sp³-hybridized carbons (Fsp3) is 0.182. The molecule has 0 fully saturated rings. The number of nitrogens with zero attached hydrogens (tertiary/aromatic N) is 2. The summed E-state index contributed by atoms with van der Waals surface area (Å²) in [6.07, 6.45) is 3.08. The molecule has 0 aliphatic heterocycles. The van der Waals surface area contributed by atoms with Crippen LogP contribution in [-0.4, -0.2) is 16.8 Å². The molecule has 2 rings (SSSR count). The largest absolute Gasteiger partial charge is 0.513 e. The molecule has 1 heterocycles. The van der Waals surface area contributed by atoms with Crippen LogP contribution in [0.25, 0.3) is 0 Å². The molecule has 0 N–H and O–H groups in total. The van der Waals surface area contributed by atoms with Crippen molar-refractivity contribution in [3.63, 3.8) is 0 Å². The van der Waals surface area contributed by atoms with Crippen LogP contribution in [0.5, 0.6) is 5.75 Å². The number of benzene rings is 1. The van der Waals surface area contributed by atoms with Gasteiger partial charge in [0.25, 0.3) is 0 Å². The second kappa shape index (κ2) is 4.95. The molecule has 2 aromatic rings. The first-order valence-electron chi connectivity index (χ1n) is 5.46. The molecule has 0 unspecified atom stereocenters. The van der Waals surface area contributed by atoms with E-state index in [0.717, 1.165) is 12.1 Å². The number of hydrogen-bond donors (Lipinski definition) is 0. The van der Waals surface area contributed by atoms with Crippen LogP contribution < -0.4 is 10.2 Å². The Labute approximate surface area is 106 Å². The average Bonchev–Trinajstić information content (AvgIpc) is 2.71. The van der Waals surface area contributed by atoms with E-state index in [1.54, 1.807) is 13.2 Å². The van der Waals surface area contributed by atoms with Gasteiger partial charge in [-0.1, -0.05) is 11.5 Å². The van der Waals surface area contributed by atoms with Crippen molar-refractivity contribution in [2.24, 2.45) is 7.05 Å². The highest BCUT2D eigenvalue weighted by atomic mass is 19.4. The van der Waals surface area contributed by atoms with Gasteiger partial charge in [0.2, 0.25) is 0 Å². The summed E-state index contributed by atoms with van der Waals surface area (Å²) < 4.78 is 57.8. The van der Waals surface area contributed by atoms with Crippen LogP contribution in [0.3, 0.4) is 0 Å². The second-order valence-corrected chi connectivity index (χ2v) is 4.07. The minimum atomic E-state index is -5.24. The fourth-order valence-electron chi connectivity index (χ4n) is 1.61. The maximum Gasteiger partial charge on any atom is 0.513 e. The summed E-state index contributed by atoms with van der Waals surface area (Å²) in [6.45, 7) is -5.34. The third-order valence-electron chi connectivity index (χ3n) is 2.48. The van der Waals surface area contributed by atoms with Gasteiger partial charge in [0.15, 0.2) is 0 Å². The summed E-state index contributed by atoms with van der Waals surface area (Å²) in [6, 6.07) is 2.19. The highest BCUT2D eigenvalue weighted by Crippen LogP contribution is 2.20. The predicted molar refractivity (Wildman–Crippen MR) is 62.7 cm³/mol. The van der Waals surface area contributed by atoms with Crippen LogP contribution in [0.15, 0.2) is 30.6 Å². The molecule has 19 heavy (non-hydrogen) atoms. The maximum atomic E-state index is 13.0. The van der Waals surface area contributed by atoms with Crippen LogP contribution in [-0.2, 0) is 13.7 Å². The van der Waals surface area contributed by atoms with Gasteiger partial charge in [0.05, 0.1) is 11.9 Å². The molecular weight excluding hydrogens is 263 g/mol. The van der Waals surface area contributed by atoms with Crippen LogP contribution in [0.2, 0.25) is 0 Å². The molecule has 0 aliphatic carbocycles. The van der Waals surface area contributed by atoms with Crippen molar-refractivity contribution >= 4 is 12.4 Å². The van der Waals surface area contributed by atoms with Crippen molar-refractivity contribution < 1.29 is 22.1 Å². The SMILES string of the molecule is Cn1cc(COc2cc(F)ccc2[B-](F)(F)F)cn1. The summed E-state index contributed by atoms with van der Waals surface area (Å²) in [5, 5.41) is 3.86. The number of rotatable bonds is 4. The van der Waals surface area contributed by atoms with E-state index in [2.05, 4.69) is 5.10 Å². The first-order chi connectivity index (χ1) is 8.86. The van der Waals surface area contributed by atoms with E-state index in [0.29, 0.717) is 11.6 Å². The number of aromatic nitrogens is 2. The normalized spacial score (nSPS) is 11.6. The van der Waals surface area contributed by atoms with Gasteiger partial charge < -0.3 is 17.7 Å². The molecule has 0 saturated carbocycles. The molecule has 0 saturated heterocycles. The lowest BCUT2D eigenvalue weighted by molar-refractivity contribution is 0.305. The van der Waals surface area contributed by atoms with Crippen LogP contribution >= 0.6 is 0 Å². The minimum absolute atomic E-state index is 0.101. The molecule has 1 aromatic carbocycles. The van der Waals surface area contributed by atoms with Gasteiger partial charge in [-0.15, -0.1) is 0 Å². The molecule has 1 aromatic heterocycles. The zero-order valence-electron chi connectivity index (χ0n) is 9.99. The zero-order chi connectivity index (χ0) is 14.0. The first-order valence-corrected chi connectivity index (χ1v) is 5.46. The Bertz CT molecular complexity index is 582. The molecule has 3 nitrogen and oxygen atoms in total. The quantitative estimate of drug-likeness (QED) is 0.630. The Morgan fingerprint density at radius 3 is 2.63 bits per heavy atom. The van der Waals surface area contributed by atoms with E-state index < -0.39 is 24.0 Å². The van der Waals surface area contributed by atoms with E-state index >= 15 is 0 Å². The molecule has 0 atom stereocenters. The number of ether oxygens (including phenoxy) is 1. The van der Waals surface area contributed by atoms with Gasteiger partial charge in [0, 0.05) is 24.9 Å². The molecule has 0 bridgehead atoms. The van der Waals surface area contributed by atoms with E-state index in [1.807, 2.05) is 0 Å². The minimum Gasteiger partial charge on any atom is -0.492 e. The molecule has 8 heteroatoms. The predicted octanol–water partition coefficient (Wildman–Crippen LogP) is 2.19. The topological polar surface area (TPSA) is 27.1 Å². The lowest BCUT2D eigenvalue weighted by atomic mass is 9.79. The van der Waals surface area contributed by atoms with Crippen LogP contribution in [0.4, 0.5) is 17.3 Å². The smallest absolute Gasteiger partial charge is 0.492 e. The fourth-order valence-corrected chi connectivity index (χ4v) is 1.61. The number of aryl methyl sites for hydroxylation is 1. The van der Waals surface area contributed by atoms with Gasteiger partial charge in [-0.3, -0.25) is 4.68 Å². The summed E-state index contributed by atoms with van der Waals surface area (Å²) >= 11 is 0. The van der Waals surface area contributed by atoms with E-state index in [1.165, 1.54) is 10.9 Å². The van der Waals surface area contributed by atoms with Gasteiger partial charge >= 0.3 is 6.98 Å². The third-order valence-corrected chi connectivity index (χ3v) is 2.48. The van der Waals surface area contributed by atoms with Crippen molar-refractivity contribution in [2.45, 2.75) is 6.61 Å². The van der Waals surface area contributed by atoms with Gasteiger partial charge in [0.1, 0.15) is 12.4 Å². The lowest BCUT2D eigenvalue weighted by Gasteiger charge is -2.19. The van der Waals surface area contributed by atoms with Crippen molar-refractivity contribution in [3.8, 4) is 5.75 Å². The summed E-state index contributed by atoms with van der Waals surface area (Å²) in [5.74, 6) is -1.28. The van der Waals surface area contributed by atoms with Gasteiger partial charge in [-0.2, -0.15) is 5.10 Å². The second-order valence-electron chi connectivity index (χ2n) is 4.07. The number of hydrogen-bond acceptors (Lipinski definition) is 2. The Morgan fingerprint density at radius 1 is 1.32 bits per heavy atom. The van der Waals surface area contributed by atoms with Crippen LogP contribution in [0.1, 0.15) is 5.56 Å². The van der Waals surface area contributed by atoms with Crippen molar-refractivity contribution in [1.29, 1.82) is 0 Å². The van der Waals surface area contributed by atoms with Crippen molar-refractivity contribution in [2.75, 3.05) is 0 Å². The van der Waals surface area contributed by atoms with E-state index in [-0.39, 0.29) is 6.61 Å². The van der Waals surface area contributed by atoms with Crippen LogP contribution in [0, 0.1) is 5.82 Å². The van der Waals surface area contributed by atoms with Gasteiger partial charge in [-0.25, -0.2) is 4.39 Å². The van der Waals surface area contributed by atoms with E-state index in [9.17, 15) is 17.3 Å². The zero-order valence-corrected chi connectivity index (χ0v) is 9.99. The summed E-state index contributed by atoms with van der Waals surface area (Å²) in [4.78, 5) is 0. The maximum absolute atomic E-state index is 13.0. The third kappa shape index (κ3) is 3.27. The molecule has 0 aliphatic rings. The summed E-state index contributed by atoms with van der Waals surface area (Å²) in [7, 11) is 1.68. The monoisotopic (exact) mass is 273 g/mol. The average molecular weight is 273 g/mol. The number of halogens is 4. The highest BCUT2D eigenvalue weighted by molar-refractivity contribution is 6.74. The summed E-state index contributed by atoms with van der Waals surface area (Å²) in [5.41, 5.74) is -0.335. The molecule has 0 amide bonds. The Kier molecular flexibility index (Phi) is 3.50. The molecule has 0 radical (unpaired) electrons. The highest BCUT2D eigenvalue weighted by Gasteiger charge is 2.29. The Hall–Kier alpha value is -1.99. The standard InChI is InChI=1S/C11H10BF4N2O/c1-18-6-8(5-17-18)7-19-11-4-9(13)2-3-10(11)12(14,15)16/h2-6H,7H2,1H3/q-1.